The van der Waals surface area contributed by atoms with Gasteiger partial charge in [-0.1, -0.05) is 53.5 Å². The number of aromatic nitrogens is 1. The van der Waals surface area contributed by atoms with Crippen molar-refractivity contribution in [1.82, 2.24) is 15.5 Å². The van der Waals surface area contributed by atoms with E-state index >= 15 is 0 Å². The number of aryl methyl sites for hydroxylation is 1. The van der Waals surface area contributed by atoms with Gasteiger partial charge in [0.15, 0.2) is 0 Å². The third kappa shape index (κ3) is 5.10. The Morgan fingerprint density at radius 1 is 1.33 bits per heavy atom. The highest BCUT2D eigenvalue weighted by Crippen LogP contribution is 2.32. The number of benzene rings is 1. The lowest BCUT2D eigenvalue weighted by atomic mass is 10.1. The van der Waals surface area contributed by atoms with Crippen LogP contribution in [0.1, 0.15) is 57.1 Å². The van der Waals surface area contributed by atoms with E-state index in [0.29, 0.717) is 18.1 Å². The van der Waals surface area contributed by atoms with Crippen LogP contribution in [0, 0.1) is 6.92 Å². The lowest BCUT2D eigenvalue weighted by Gasteiger charge is -2.23. The van der Waals surface area contributed by atoms with Gasteiger partial charge in [0, 0.05) is 22.6 Å². The molecule has 1 N–H and O–H groups in total. The van der Waals surface area contributed by atoms with Gasteiger partial charge in [0.1, 0.15) is 11.6 Å². The topological polar surface area (TPSA) is 80.0 Å². The minimum absolute atomic E-state index is 0.00962. The fourth-order valence-electron chi connectivity index (χ4n) is 3.55. The molecule has 1 saturated heterocycles. The van der Waals surface area contributed by atoms with Crippen LogP contribution in [0.3, 0.4) is 0 Å². The Labute approximate surface area is 185 Å². The summed E-state index contributed by atoms with van der Waals surface area (Å²) in [5, 5.41) is 3.85. The lowest BCUT2D eigenvalue weighted by Crippen LogP contribution is -2.44. The van der Waals surface area contributed by atoms with E-state index < -0.39 is 5.72 Å². The monoisotopic (exact) mass is 476 g/mol. The molecule has 2 atom stereocenters. The summed E-state index contributed by atoms with van der Waals surface area (Å²) in [5.74, 6) is 1.29. The molecule has 2 unspecified atom stereocenters. The van der Waals surface area contributed by atoms with E-state index in [-0.39, 0.29) is 18.4 Å². The Kier molecular flexibility index (Phi) is 7.31. The molecule has 8 heteroatoms. The largest absolute Gasteiger partial charge is 0.361 e. The van der Waals surface area contributed by atoms with Gasteiger partial charge in [0.25, 0.3) is 0 Å². The van der Waals surface area contributed by atoms with Crippen molar-refractivity contribution < 1.29 is 14.2 Å². The van der Waals surface area contributed by atoms with Crippen LogP contribution in [0.4, 0.5) is 0 Å². The van der Waals surface area contributed by atoms with E-state index in [2.05, 4.69) is 40.4 Å². The van der Waals surface area contributed by atoms with Crippen LogP contribution < -0.4 is 5.48 Å². The van der Waals surface area contributed by atoms with E-state index in [0.717, 1.165) is 28.6 Å². The summed E-state index contributed by atoms with van der Waals surface area (Å²) >= 11 is 3.44. The SMILES string of the molecule is CCC.Cc1cc(CC(=O)N2CCCC2C2=NC(C)(c3ccc(Br)cc3)ON2)on1. The van der Waals surface area contributed by atoms with Gasteiger partial charge in [-0.2, -0.15) is 0 Å². The zero-order valence-electron chi connectivity index (χ0n) is 17.9. The zero-order chi connectivity index (χ0) is 21.7. The van der Waals surface area contributed by atoms with Gasteiger partial charge in [-0.15, -0.1) is 0 Å². The standard InChI is InChI=1S/C19H21BrN4O3.C3H8/c1-12-10-15(26-22-12)11-17(25)24-9-3-4-16(24)18-21-19(2,27-23-18)13-5-7-14(20)8-6-13;1-3-2/h5-8,10,16H,3-4,9,11H2,1-2H3,(H,21,23);3H2,1-2H3. The maximum Gasteiger partial charge on any atom is 0.230 e. The van der Waals surface area contributed by atoms with Gasteiger partial charge < -0.3 is 9.42 Å². The number of hydrogen-bond acceptors (Lipinski definition) is 6. The summed E-state index contributed by atoms with van der Waals surface area (Å²) in [7, 11) is 0. The Hall–Kier alpha value is -2.19. The van der Waals surface area contributed by atoms with Crippen LogP contribution in [-0.2, 0) is 21.8 Å². The lowest BCUT2D eigenvalue weighted by molar-refractivity contribution is -0.130. The van der Waals surface area contributed by atoms with E-state index in [9.17, 15) is 4.79 Å². The molecule has 7 nitrogen and oxygen atoms in total. The highest BCUT2D eigenvalue weighted by molar-refractivity contribution is 9.10. The van der Waals surface area contributed by atoms with E-state index in [1.165, 1.54) is 6.42 Å². The molecular weight excluding hydrogens is 448 g/mol. The maximum atomic E-state index is 12.8. The second-order valence-corrected chi connectivity index (χ2v) is 8.67. The fourth-order valence-corrected chi connectivity index (χ4v) is 3.82. The smallest absolute Gasteiger partial charge is 0.230 e. The normalized spacial score (nSPS) is 22.9. The Morgan fingerprint density at radius 2 is 2.03 bits per heavy atom. The number of halogens is 1. The molecule has 30 heavy (non-hydrogen) atoms. The fraction of sp³-hybridized carbons (Fsp3) is 0.500. The second kappa shape index (κ2) is 9.75. The number of carbonyl (C=O) groups excluding carboxylic acids is 1. The van der Waals surface area contributed by atoms with Crippen molar-refractivity contribution in [2.75, 3.05) is 6.54 Å². The first-order valence-electron chi connectivity index (χ1n) is 10.4. The van der Waals surface area contributed by atoms with Crippen LogP contribution in [0.25, 0.3) is 0 Å². The van der Waals surface area contributed by atoms with Gasteiger partial charge in [-0.25, -0.2) is 15.3 Å². The third-order valence-electron chi connectivity index (χ3n) is 4.96. The minimum atomic E-state index is -0.810. The molecule has 0 bridgehead atoms. The molecule has 0 radical (unpaired) electrons. The van der Waals surface area contributed by atoms with Gasteiger partial charge in [-0.05, 0) is 38.8 Å². The molecular formula is C22H29BrN4O3. The van der Waals surface area contributed by atoms with Crippen LogP contribution in [0.15, 0.2) is 44.3 Å². The van der Waals surface area contributed by atoms with Crippen LogP contribution in [0.5, 0.6) is 0 Å². The molecule has 3 heterocycles. The summed E-state index contributed by atoms with van der Waals surface area (Å²) in [6, 6.07) is 9.55. The number of amidine groups is 1. The van der Waals surface area contributed by atoms with E-state index in [1.54, 1.807) is 6.07 Å². The molecule has 0 saturated carbocycles. The molecule has 2 aliphatic heterocycles. The molecule has 2 aromatic rings. The molecule has 1 amide bonds. The number of rotatable bonds is 4. The van der Waals surface area contributed by atoms with E-state index in [1.807, 2.05) is 43.0 Å². The first-order valence-corrected chi connectivity index (χ1v) is 11.2. The highest BCUT2D eigenvalue weighted by atomic mass is 79.9. The molecule has 0 spiro atoms. The number of hydrogen-bond donors (Lipinski definition) is 1. The summed E-state index contributed by atoms with van der Waals surface area (Å²) in [6.07, 6.45) is 3.24. The first-order chi connectivity index (χ1) is 14.4. The van der Waals surface area contributed by atoms with Gasteiger partial charge >= 0.3 is 0 Å². The summed E-state index contributed by atoms with van der Waals surface area (Å²) < 4.78 is 6.18. The quantitative estimate of drug-likeness (QED) is 0.702. The zero-order valence-corrected chi connectivity index (χ0v) is 19.5. The first kappa shape index (κ1) is 22.5. The van der Waals surface area contributed by atoms with Gasteiger partial charge in [-0.3, -0.25) is 4.79 Å². The average molecular weight is 477 g/mol. The molecule has 1 aromatic carbocycles. The molecule has 1 fully saturated rings. The van der Waals surface area contributed by atoms with Crippen molar-refractivity contribution in [3.63, 3.8) is 0 Å². The molecule has 2 aliphatic rings. The number of nitrogens with zero attached hydrogens (tertiary/aromatic N) is 3. The number of amides is 1. The van der Waals surface area contributed by atoms with Crippen molar-refractivity contribution in [3.05, 3.63) is 51.8 Å². The number of likely N-dealkylation sites (tertiary alicyclic amines) is 1. The summed E-state index contributed by atoms with van der Waals surface area (Å²) in [5.41, 5.74) is 3.87. The molecule has 1 aromatic heterocycles. The Balaban J connectivity index is 0.000000806. The molecule has 0 aliphatic carbocycles. The van der Waals surface area contributed by atoms with Crippen molar-refractivity contribution in [2.24, 2.45) is 4.99 Å². The summed E-state index contributed by atoms with van der Waals surface area (Å²) in [6.45, 7) is 8.70. The number of carbonyl (C=O) groups is 1. The predicted molar refractivity (Wildman–Crippen MR) is 119 cm³/mol. The molecule has 162 valence electrons. The highest BCUT2D eigenvalue weighted by Gasteiger charge is 2.40. The van der Waals surface area contributed by atoms with Crippen LogP contribution >= 0.6 is 15.9 Å². The predicted octanol–water partition coefficient (Wildman–Crippen LogP) is 4.50. The Bertz CT molecular complexity index is 896. The third-order valence-corrected chi connectivity index (χ3v) is 5.49. The molecule has 4 rings (SSSR count). The number of hydroxylamine groups is 1. The van der Waals surface area contributed by atoms with Crippen molar-refractivity contribution in [1.29, 1.82) is 0 Å². The number of nitrogens with one attached hydrogen (secondary N) is 1. The van der Waals surface area contributed by atoms with Gasteiger partial charge in [0.2, 0.25) is 11.6 Å². The van der Waals surface area contributed by atoms with Crippen molar-refractivity contribution in [2.45, 2.75) is 65.1 Å². The van der Waals surface area contributed by atoms with Crippen molar-refractivity contribution >= 4 is 27.7 Å². The maximum absolute atomic E-state index is 12.8. The minimum Gasteiger partial charge on any atom is -0.361 e. The average Bonchev–Trinajstić information content (AvgIpc) is 3.43. The van der Waals surface area contributed by atoms with Gasteiger partial charge in [0.05, 0.1) is 18.2 Å². The van der Waals surface area contributed by atoms with Crippen LogP contribution in [-0.4, -0.2) is 34.4 Å². The Morgan fingerprint density at radius 3 is 2.67 bits per heavy atom. The van der Waals surface area contributed by atoms with E-state index in [4.69, 9.17) is 14.4 Å². The number of aliphatic imine (C=N–C) groups is 1. The van der Waals surface area contributed by atoms with Crippen molar-refractivity contribution in [3.8, 4) is 0 Å². The summed E-state index contributed by atoms with van der Waals surface area (Å²) in [4.78, 5) is 25.2. The van der Waals surface area contributed by atoms with Crippen LogP contribution in [0.2, 0.25) is 0 Å². The second-order valence-electron chi connectivity index (χ2n) is 7.75.